The van der Waals surface area contributed by atoms with Gasteiger partial charge in [-0.25, -0.2) is 5.43 Å². The first-order valence-electron chi connectivity index (χ1n) is 23.4. The van der Waals surface area contributed by atoms with Crippen molar-refractivity contribution in [3.05, 3.63) is 72.8 Å². The van der Waals surface area contributed by atoms with E-state index in [4.69, 9.17) is 37.3 Å². The van der Waals surface area contributed by atoms with Crippen molar-refractivity contribution >= 4 is 70.4 Å². The average Bonchev–Trinajstić information content (AvgIpc) is 3.33. The minimum Gasteiger partial charge on any atom is -0.495 e. The smallest absolute Gasteiger partial charge is 0.234 e. The molecular formula is C49H84ClN9O6S. The Balaban J connectivity index is 0.000000917. The fourth-order valence-electron chi connectivity index (χ4n) is 5.87. The molecular weight excluding hydrogens is 878 g/mol. The third kappa shape index (κ3) is 31.5. The molecule has 0 saturated carbocycles. The molecule has 1 aliphatic heterocycles. The van der Waals surface area contributed by atoms with Gasteiger partial charge in [0.2, 0.25) is 17.7 Å². The molecule has 1 fully saturated rings. The summed E-state index contributed by atoms with van der Waals surface area (Å²) in [6, 6.07) is 23.3. The van der Waals surface area contributed by atoms with E-state index >= 15 is 0 Å². The molecule has 4 rings (SSSR count). The second kappa shape index (κ2) is 39.7. The van der Waals surface area contributed by atoms with Crippen molar-refractivity contribution in [2.24, 2.45) is 0 Å². The first-order chi connectivity index (χ1) is 31.8. The molecule has 17 heteroatoms. The number of hydrogen-bond donors (Lipinski definition) is 8. The molecule has 9 N–H and O–H groups in total. The predicted molar refractivity (Wildman–Crippen MR) is 281 cm³/mol. The Labute approximate surface area is 407 Å². The van der Waals surface area contributed by atoms with Gasteiger partial charge in [-0.2, -0.15) is 0 Å². The summed E-state index contributed by atoms with van der Waals surface area (Å²) >= 11 is 9.71. The third-order valence-corrected chi connectivity index (χ3v) is 10.0. The number of carbonyl (C=O) groups is 3. The second-order valence-electron chi connectivity index (χ2n) is 14.9. The highest BCUT2D eigenvalue weighted by atomic mass is 35.5. The lowest BCUT2D eigenvalue weighted by molar-refractivity contribution is -0.127. The van der Waals surface area contributed by atoms with E-state index in [1.165, 1.54) is 31.4 Å². The van der Waals surface area contributed by atoms with Gasteiger partial charge in [0.1, 0.15) is 17.4 Å². The largest absolute Gasteiger partial charge is 0.495 e. The van der Waals surface area contributed by atoms with Gasteiger partial charge < -0.3 is 46.5 Å². The number of hydrazine groups is 1. The number of hydrogen-bond acceptors (Lipinski definition) is 13. The van der Waals surface area contributed by atoms with Crippen LogP contribution in [0.25, 0.3) is 0 Å². The zero-order valence-electron chi connectivity index (χ0n) is 41.2. The molecule has 0 radical (unpaired) electrons. The van der Waals surface area contributed by atoms with E-state index in [0.29, 0.717) is 25.3 Å². The number of nitrogens with one attached hydrogen (secondary N) is 5. The lowest BCUT2D eigenvalue weighted by Crippen LogP contribution is -2.46. The van der Waals surface area contributed by atoms with Crippen LogP contribution < -0.4 is 47.9 Å². The van der Waals surface area contributed by atoms with Crippen LogP contribution in [-0.2, 0) is 23.9 Å². The van der Waals surface area contributed by atoms with Gasteiger partial charge in [0.05, 0.1) is 19.3 Å². The minimum atomic E-state index is -0.703. The van der Waals surface area contributed by atoms with E-state index in [9.17, 15) is 14.4 Å². The molecule has 1 aliphatic rings. The van der Waals surface area contributed by atoms with Crippen LogP contribution in [0.1, 0.15) is 99.8 Å². The van der Waals surface area contributed by atoms with E-state index in [1.807, 2.05) is 71.0 Å². The fourth-order valence-corrected chi connectivity index (χ4v) is 6.26. The number of carbonyl (C=O) groups excluding carboxylic acids is 3. The second-order valence-corrected chi connectivity index (χ2v) is 16.2. The van der Waals surface area contributed by atoms with Gasteiger partial charge in [-0.15, -0.1) is 24.2 Å². The molecule has 0 bridgehead atoms. The zero-order chi connectivity index (χ0) is 49.4. The van der Waals surface area contributed by atoms with E-state index in [-0.39, 0.29) is 43.8 Å². The molecule has 1 heterocycles. The SMILES string of the molecule is CC.CCC(=O)Nc1ccc(N)cc1.CCCCCCCl.CCOCNNC(=O)CCC(=O)NCC(C)(S)OCC.COc1ccccc1N1CCN(CCCNc2ccc(N)cc2)CC1. The fraction of sp³-hybridized carbons (Fsp3) is 0.571. The van der Waals surface area contributed by atoms with Crippen LogP contribution in [-0.4, -0.2) is 106 Å². The van der Waals surface area contributed by atoms with Crippen molar-refractivity contribution in [3.63, 3.8) is 0 Å². The Hall–Kier alpha value is -4.45. The highest BCUT2D eigenvalue weighted by Gasteiger charge is 2.20. The number of benzene rings is 3. The van der Waals surface area contributed by atoms with Crippen molar-refractivity contribution in [3.8, 4) is 5.75 Å². The number of amides is 3. The molecule has 0 aromatic heterocycles. The summed E-state index contributed by atoms with van der Waals surface area (Å²) in [7, 11) is 1.74. The number of rotatable bonds is 24. The lowest BCUT2D eigenvalue weighted by Gasteiger charge is -2.36. The van der Waals surface area contributed by atoms with Gasteiger partial charge in [0.15, 0.2) is 0 Å². The topological polar surface area (TPSA) is 198 Å². The van der Waals surface area contributed by atoms with Crippen LogP contribution in [0, 0.1) is 0 Å². The van der Waals surface area contributed by atoms with E-state index in [0.717, 1.165) is 74.4 Å². The normalized spacial score (nSPS) is 12.7. The molecule has 15 nitrogen and oxygen atoms in total. The van der Waals surface area contributed by atoms with Crippen LogP contribution >= 0.6 is 24.2 Å². The number of ether oxygens (including phenoxy) is 3. The van der Waals surface area contributed by atoms with Crippen molar-refractivity contribution in [1.82, 2.24) is 21.1 Å². The summed E-state index contributed by atoms with van der Waals surface area (Å²) in [6.45, 7) is 21.5. The monoisotopic (exact) mass is 962 g/mol. The average molecular weight is 963 g/mol. The highest BCUT2D eigenvalue weighted by molar-refractivity contribution is 7.81. The zero-order valence-corrected chi connectivity index (χ0v) is 42.8. The Morgan fingerprint density at radius 2 is 1.38 bits per heavy atom. The quantitative estimate of drug-likeness (QED) is 0.0107. The maximum absolute atomic E-state index is 11.5. The Morgan fingerprint density at radius 3 is 1.94 bits per heavy atom. The predicted octanol–water partition coefficient (Wildman–Crippen LogP) is 8.53. The van der Waals surface area contributed by atoms with Gasteiger partial charge in [-0.1, -0.05) is 59.1 Å². The van der Waals surface area contributed by atoms with Crippen LogP contribution in [0.5, 0.6) is 5.75 Å². The molecule has 1 saturated heterocycles. The van der Waals surface area contributed by atoms with Gasteiger partial charge >= 0.3 is 0 Å². The standard InChI is InChI=1S/C20H28N4O.C12H25N3O4S.C9H12N2O.C6H13Cl.C2H6/c1-25-20-6-3-2-5-19(20)24-15-13-23(14-16-24)12-4-11-22-18-9-7-17(21)8-10-18;1-4-18-9-14-15-11(17)7-6-10(16)13-8-12(3,20)19-5-2;1-2-9(12)11-8-5-3-7(10)4-6-8;1-2-3-4-5-6-7;1-2/h2-3,5-10,22H,4,11-16,21H2,1H3;14,20H,4-9H2,1-3H3,(H,13,16)(H,15,17);3-6H,2,10H2,1H3,(H,11,12);2-6H2,1H3;1-2H3. The van der Waals surface area contributed by atoms with Gasteiger partial charge in [-0.05, 0) is 101 Å². The molecule has 1 unspecified atom stereocenters. The number of methoxy groups -OCH3 is 1. The highest BCUT2D eigenvalue weighted by Crippen LogP contribution is 2.28. The third-order valence-electron chi connectivity index (χ3n) is 9.45. The maximum Gasteiger partial charge on any atom is 0.234 e. The minimum absolute atomic E-state index is 0.0137. The molecule has 3 aromatic carbocycles. The number of halogens is 1. The molecule has 66 heavy (non-hydrogen) atoms. The van der Waals surface area contributed by atoms with Crippen molar-refractivity contribution in [1.29, 1.82) is 0 Å². The number of piperazine rings is 1. The van der Waals surface area contributed by atoms with Gasteiger partial charge in [-0.3, -0.25) is 24.7 Å². The van der Waals surface area contributed by atoms with Crippen molar-refractivity contribution in [2.45, 2.75) is 105 Å². The molecule has 0 aliphatic carbocycles. The summed E-state index contributed by atoms with van der Waals surface area (Å²) in [5.74, 6) is 1.33. The van der Waals surface area contributed by atoms with E-state index in [2.05, 4.69) is 68.3 Å². The summed E-state index contributed by atoms with van der Waals surface area (Å²) < 4.78 is 15.8. The Bertz CT molecular complexity index is 1660. The van der Waals surface area contributed by atoms with E-state index < -0.39 is 4.93 Å². The molecule has 3 amide bonds. The lowest BCUT2D eigenvalue weighted by atomic mass is 10.2. The first kappa shape index (κ1) is 61.5. The number of anilines is 5. The van der Waals surface area contributed by atoms with Crippen LogP contribution in [0.15, 0.2) is 72.8 Å². The van der Waals surface area contributed by atoms with E-state index in [1.54, 1.807) is 38.3 Å². The van der Waals surface area contributed by atoms with Crippen LogP contribution in [0.4, 0.5) is 28.4 Å². The number of nitrogens with zero attached hydrogens (tertiary/aromatic N) is 2. The number of nitrogens with two attached hydrogens (primary N) is 2. The number of alkyl halides is 1. The van der Waals surface area contributed by atoms with Crippen LogP contribution in [0.3, 0.4) is 0 Å². The first-order valence-corrected chi connectivity index (χ1v) is 24.4. The Kier molecular flexibility index (Phi) is 37.0. The number of para-hydroxylation sites is 2. The number of unbranched alkanes of at least 4 members (excludes halogenated alkanes) is 3. The van der Waals surface area contributed by atoms with Crippen LogP contribution in [0.2, 0.25) is 0 Å². The summed E-state index contributed by atoms with van der Waals surface area (Å²) in [6.07, 6.45) is 6.98. The molecule has 3 aromatic rings. The summed E-state index contributed by atoms with van der Waals surface area (Å²) in [4.78, 5) is 38.1. The number of thiol groups is 1. The number of nitrogen functional groups attached to an aromatic ring is 2. The van der Waals surface area contributed by atoms with Crippen molar-refractivity contribution in [2.75, 3.05) is 106 Å². The maximum atomic E-state index is 11.5. The van der Waals surface area contributed by atoms with Crippen molar-refractivity contribution < 1.29 is 28.6 Å². The summed E-state index contributed by atoms with van der Waals surface area (Å²) in [5.41, 5.74) is 20.8. The summed E-state index contributed by atoms with van der Waals surface area (Å²) in [5, 5.41) is 8.85. The van der Waals surface area contributed by atoms with Gasteiger partial charge in [0, 0.05) is 93.8 Å². The van der Waals surface area contributed by atoms with Gasteiger partial charge in [0.25, 0.3) is 0 Å². The molecule has 374 valence electrons. The Morgan fingerprint density at radius 1 is 0.773 bits per heavy atom. The molecule has 1 atom stereocenters. The molecule has 0 spiro atoms.